The largest absolute Gasteiger partial charge is 0.279 e. The first-order valence-corrected chi connectivity index (χ1v) is 6.18. The Balaban J connectivity index is 0.00000169. The molecule has 0 unspecified atom stereocenters. The van der Waals surface area contributed by atoms with E-state index in [9.17, 15) is 8.42 Å². The van der Waals surface area contributed by atoms with E-state index in [-0.39, 0.29) is 7.47 Å². The Bertz CT molecular complexity index is 250. The molecule has 1 fully saturated rings. The minimum atomic E-state index is -3.21. The topological polar surface area (TPSA) is 49.4 Å². The first kappa shape index (κ1) is 10.9. The van der Waals surface area contributed by atoms with Crippen LogP contribution in [0.1, 0.15) is 33.5 Å². The van der Waals surface area contributed by atoms with Gasteiger partial charge in [-0.1, -0.05) is 19.3 Å². The maximum Gasteiger partial charge on any atom is 0.279 e. The van der Waals surface area contributed by atoms with Gasteiger partial charge in [-0.25, -0.2) is 4.72 Å². The molecule has 0 aromatic carbocycles. The third-order valence-electron chi connectivity index (χ3n) is 2.73. The third-order valence-corrected chi connectivity index (χ3v) is 4.30. The summed E-state index contributed by atoms with van der Waals surface area (Å²) < 4.78 is 26.6. The van der Waals surface area contributed by atoms with Crippen LogP contribution in [0.15, 0.2) is 0 Å². The van der Waals surface area contributed by atoms with E-state index in [4.69, 9.17) is 0 Å². The zero-order valence-electron chi connectivity index (χ0n) is 8.28. The van der Waals surface area contributed by atoms with Crippen LogP contribution < -0.4 is 4.72 Å². The first-order chi connectivity index (χ1) is 6.08. The van der Waals surface area contributed by atoms with Crippen molar-refractivity contribution in [1.29, 1.82) is 0 Å². The number of rotatable bonds is 3. The molecule has 0 aromatic rings. The van der Waals surface area contributed by atoms with E-state index in [1.807, 2.05) is 0 Å². The molecule has 0 spiro atoms. The van der Waals surface area contributed by atoms with Crippen molar-refractivity contribution in [2.75, 3.05) is 14.1 Å². The molecular formula is C8H20N2O2S. The molecule has 1 aliphatic carbocycles. The number of hydrogen-bond donors (Lipinski definition) is 1. The number of hydrogen-bond acceptors (Lipinski definition) is 2. The predicted octanol–water partition coefficient (Wildman–Crippen LogP) is 0.961. The van der Waals surface area contributed by atoms with E-state index in [0.29, 0.717) is 0 Å². The van der Waals surface area contributed by atoms with Crippen molar-refractivity contribution in [3.05, 3.63) is 0 Å². The van der Waals surface area contributed by atoms with Gasteiger partial charge in [0.2, 0.25) is 0 Å². The average Bonchev–Trinajstić information content (AvgIpc) is 2.18. The van der Waals surface area contributed by atoms with E-state index < -0.39 is 10.2 Å². The zero-order valence-corrected chi connectivity index (χ0v) is 9.10. The van der Waals surface area contributed by atoms with E-state index >= 15 is 0 Å². The van der Waals surface area contributed by atoms with E-state index in [0.717, 1.165) is 25.7 Å². The molecule has 0 heterocycles. The first-order valence-electron chi connectivity index (χ1n) is 4.74. The molecule has 0 bridgehead atoms. The molecule has 13 heavy (non-hydrogen) atoms. The maximum atomic E-state index is 11.4. The Morgan fingerprint density at radius 2 is 1.85 bits per heavy atom. The molecule has 0 atom stereocenters. The van der Waals surface area contributed by atoms with Crippen LogP contribution in [-0.2, 0) is 10.2 Å². The Labute approximate surface area is 82.0 Å². The van der Waals surface area contributed by atoms with Crippen molar-refractivity contribution in [2.45, 2.75) is 38.1 Å². The van der Waals surface area contributed by atoms with Crippen LogP contribution in [0.4, 0.5) is 0 Å². The van der Waals surface area contributed by atoms with Crippen LogP contribution in [-0.4, -0.2) is 32.9 Å². The molecule has 0 amide bonds. The van der Waals surface area contributed by atoms with Gasteiger partial charge in [0.25, 0.3) is 10.2 Å². The number of nitrogens with zero attached hydrogens (tertiary/aromatic N) is 1. The average molecular weight is 208 g/mol. The second-order valence-electron chi connectivity index (χ2n) is 3.52. The van der Waals surface area contributed by atoms with Crippen molar-refractivity contribution in [3.63, 3.8) is 0 Å². The van der Waals surface area contributed by atoms with E-state index in [1.54, 1.807) is 7.05 Å². The maximum absolute atomic E-state index is 11.4. The van der Waals surface area contributed by atoms with Gasteiger partial charge in [0, 0.05) is 21.6 Å². The second kappa shape index (κ2) is 4.39. The summed E-state index contributed by atoms with van der Waals surface area (Å²) in [5.74, 6) is 0. The van der Waals surface area contributed by atoms with Gasteiger partial charge in [0.05, 0.1) is 0 Å². The molecule has 0 saturated heterocycles. The summed E-state index contributed by atoms with van der Waals surface area (Å²) in [6.07, 6.45) is 5.53. The summed E-state index contributed by atoms with van der Waals surface area (Å²) in [5, 5.41) is 0. The van der Waals surface area contributed by atoms with Crippen LogP contribution >= 0.6 is 0 Å². The van der Waals surface area contributed by atoms with Crippen LogP contribution in [0.25, 0.3) is 0 Å². The Hall–Kier alpha value is -0.130. The molecule has 1 N–H and O–H groups in total. The van der Waals surface area contributed by atoms with Crippen molar-refractivity contribution in [2.24, 2.45) is 0 Å². The fourth-order valence-electron chi connectivity index (χ4n) is 1.78. The lowest BCUT2D eigenvalue weighted by molar-refractivity contribution is 0.284. The quantitative estimate of drug-likeness (QED) is 0.751. The van der Waals surface area contributed by atoms with Gasteiger partial charge in [-0.3, -0.25) is 0 Å². The van der Waals surface area contributed by atoms with Crippen molar-refractivity contribution in [3.8, 4) is 0 Å². The third kappa shape index (κ3) is 2.65. The van der Waals surface area contributed by atoms with Gasteiger partial charge in [-0.15, -0.1) is 0 Å². The lowest BCUT2D eigenvalue weighted by Crippen LogP contribution is -2.43. The number of nitrogens with one attached hydrogen (secondary N) is 1. The lowest BCUT2D eigenvalue weighted by Gasteiger charge is -2.29. The van der Waals surface area contributed by atoms with Gasteiger partial charge in [-0.05, 0) is 12.8 Å². The van der Waals surface area contributed by atoms with Crippen molar-refractivity contribution in [1.82, 2.24) is 9.03 Å². The van der Waals surface area contributed by atoms with Crippen molar-refractivity contribution < 1.29 is 9.84 Å². The van der Waals surface area contributed by atoms with Crippen LogP contribution in [0.2, 0.25) is 0 Å². The molecular weight excluding hydrogens is 188 g/mol. The highest BCUT2D eigenvalue weighted by Gasteiger charge is 2.25. The molecule has 4 nitrogen and oxygen atoms in total. The van der Waals surface area contributed by atoms with Gasteiger partial charge >= 0.3 is 0 Å². The SMILES string of the molecule is CNS(=O)(=O)N(C)C1CCCCC1.[HH]. The molecule has 0 aromatic heterocycles. The standard InChI is InChI=1S/C8H18N2O2S.H2/c1-9-13(11,12)10(2)8-6-4-3-5-7-8;/h8-9H,3-7H2,1-2H3;1H. The summed E-state index contributed by atoms with van der Waals surface area (Å²) in [4.78, 5) is 0. The minimum Gasteiger partial charge on any atom is -0.205 e. The zero-order chi connectivity index (χ0) is 9.90. The van der Waals surface area contributed by atoms with Crippen LogP contribution in [0, 0.1) is 0 Å². The second-order valence-corrected chi connectivity index (χ2v) is 5.45. The molecule has 1 saturated carbocycles. The predicted molar refractivity (Wildman–Crippen MR) is 54.7 cm³/mol. The monoisotopic (exact) mass is 208 g/mol. The van der Waals surface area contributed by atoms with Crippen LogP contribution in [0.5, 0.6) is 0 Å². The van der Waals surface area contributed by atoms with Crippen molar-refractivity contribution >= 4 is 10.2 Å². The lowest BCUT2D eigenvalue weighted by atomic mass is 9.96. The summed E-state index contributed by atoms with van der Waals surface area (Å²) >= 11 is 0. The molecule has 1 rings (SSSR count). The summed E-state index contributed by atoms with van der Waals surface area (Å²) in [6.45, 7) is 0. The highest BCUT2D eigenvalue weighted by atomic mass is 32.2. The van der Waals surface area contributed by atoms with E-state index in [2.05, 4.69) is 4.72 Å². The fraction of sp³-hybridized carbons (Fsp3) is 1.00. The summed E-state index contributed by atoms with van der Waals surface area (Å²) in [6, 6.07) is 0.200. The van der Waals surface area contributed by atoms with Gasteiger partial charge < -0.3 is 0 Å². The Morgan fingerprint density at radius 3 is 2.31 bits per heavy atom. The fourth-order valence-corrected chi connectivity index (χ4v) is 2.68. The molecule has 0 radical (unpaired) electrons. The summed E-state index contributed by atoms with van der Waals surface area (Å²) in [5.41, 5.74) is 0. The van der Waals surface area contributed by atoms with Gasteiger partial charge in [0.1, 0.15) is 0 Å². The van der Waals surface area contributed by atoms with Gasteiger partial charge in [0.15, 0.2) is 0 Å². The molecule has 80 valence electrons. The van der Waals surface area contributed by atoms with Gasteiger partial charge in [-0.2, -0.15) is 12.7 Å². The Morgan fingerprint density at radius 1 is 1.31 bits per heavy atom. The highest BCUT2D eigenvalue weighted by Crippen LogP contribution is 2.22. The highest BCUT2D eigenvalue weighted by molar-refractivity contribution is 7.87. The molecule has 1 aliphatic rings. The van der Waals surface area contributed by atoms with E-state index in [1.165, 1.54) is 17.8 Å². The normalized spacial score (nSPS) is 20.8. The van der Waals surface area contributed by atoms with Crippen LogP contribution in [0.3, 0.4) is 0 Å². The minimum absolute atomic E-state index is 0. The Kier molecular flexibility index (Phi) is 3.70. The molecule has 0 aliphatic heterocycles. The summed E-state index contributed by atoms with van der Waals surface area (Å²) in [7, 11) is -0.107. The molecule has 5 heteroatoms. The smallest absolute Gasteiger partial charge is 0.205 e.